The van der Waals surface area contributed by atoms with Crippen molar-refractivity contribution in [1.82, 2.24) is 0 Å². The predicted octanol–water partition coefficient (Wildman–Crippen LogP) is 1.39. The Labute approximate surface area is 72.3 Å². The van der Waals surface area contributed by atoms with Crippen LogP contribution in [0.15, 0.2) is 0 Å². The van der Waals surface area contributed by atoms with Gasteiger partial charge in [-0.05, 0) is 37.5 Å². The lowest BCUT2D eigenvalue weighted by Crippen LogP contribution is -2.52. The molecule has 2 aliphatic carbocycles. The summed E-state index contributed by atoms with van der Waals surface area (Å²) >= 11 is 0. The minimum absolute atomic E-state index is 0.234. The number of aldehydes is 1. The van der Waals surface area contributed by atoms with Crippen molar-refractivity contribution in [2.75, 3.05) is 0 Å². The fourth-order valence-electron chi connectivity index (χ4n) is 3.43. The van der Waals surface area contributed by atoms with Crippen LogP contribution in [0.4, 0.5) is 0 Å². The molecule has 2 aliphatic heterocycles. The van der Waals surface area contributed by atoms with E-state index in [-0.39, 0.29) is 5.92 Å². The van der Waals surface area contributed by atoms with Crippen LogP contribution in [0.1, 0.15) is 25.7 Å². The van der Waals surface area contributed by atoms with Gasteiger partial charge in [-0.3, -0.25) is 0 Å². The van der Waals surface area contributed by atoms with Gasteiger partial charge in [-0.25, -0.2) is 0 Å². The highest BCUT2D eigenvalue weighted by Gasteiger charge is 2.48. The van der Waals surface area contributed by atoms with Gasteiger partial charge in [0.1, 0.15) is 6.29 Å². The highest BCUT2D eigenvalue weighted by Crippen LogP contribution is 2.49. The predicted molar refractivity (Wildman–Crippen MR) is 43.7 cm³/mol. The van der Waals surface area contributed by atoms with E-state index in [4.69, 9.17) is 4.74 Å². The van der Waals surface area contributed by atoms with Crippen molar-refractivity contribution < 1.29 is 9.53 Å². The molecule has 0 spiro atoms. The van der Waals surface area contributed by atoms with Crippen LogP contribution in [0.2, 0.25) is 0 Å². The van der Waals surface area contributed by atoms with Gasteiger partial charge in [0.25, 0.3) is 0 Å². The van der Waals surface area contributed by atoms with Gasteiger partial charge in [-0.1, -0.05) is 0 Å². The summed E-state index contributed by atoms with van der Waals surface area (Å²) in [6, 6.07) is 0. The molecular weight excluding hydrogens is 152 g/mol. The third-order valence-electron chi connectivity index (χ3n) is 3.86. The average molecular weight is 166 g/mol. The molecular formula is C10H14O2. The zero-order valence-electron chi connectivity index (χ0n) is 7.11. The molecule has 2 heterocycles. The van der Waals surface area contributed by atoms with E-state index >= 15 is 0 Å². The van der Waals surface area contributed by atoms with E-state index in [1.807, 2.05) is 0 Å². The summed E-state index contributed by atoms with van der Waals surface area (Å²) in [4.78, 5) is 10.8. The zero-order valence-corrected chi connectivity index (χ0v) is 7.11. The van der Waals surface area contributed by atoms with Crippen LogP contribution in [0.3, 0.4) is 0 Å². The highest BCUT2D eigenvalue weighted by atomic mass is 16.5. The first kappa shape index (κ1) is 7.07. The quantitative estimate of drug-likeness (QED) is 0.550. The van der Waals surface area contributed by atoms with Crippen molar-refractivity contribution in [2.24, 2.45) is 17.8 Å². The van der Waals surface area contributed by atoms with E-state index in [0.717, 1.165) is 25.0 Å². The van der Waals surface area contributed by atoms with Crippen LogP contribution in [0, 0.1) is 17.8 Å². The standard InChI is InChI=1S/C10H14O2/c11-5-9-7-1-6-2-8(4-7)12-10(9)3-6/h5-10H,1-4H2. The normalized spacial score (nSPS) is 55.8. The number of rotatable bonds is 1. The third-order valence-corrected chi connectivity index (χ3v) is 3.86. The molecule has 4 rings (SSSR count). The molecule has 0 N–H and O–H groups in total. The fraction of sp³-hybridized carbons (Fsp3) is 0.900. The lowest BCUT2D eigenvalue weighted by molar-refractivity contribution is -0.186. The van der Waals surface area contributed by atoms with E-state index in [1.54, 1.807) is 0 Å². The lowest BCUT2D eigenvalue weighted by atomic mass is 9.62. The summed E-state index contributed by atoms with van der Waals surface area (Å²) in [6.07, 6.45) is 6.78. The molecule has 2 saturated heterocycles. The Morgan fingerprint density at radius 2 is 2.08 bits per heavy atom. The zero-order chi connectivity index (χ0) is 8.13. The maximum absolute atomic E-state index is 10.8. The Bertz CT molecular complexity index is 184. The molecule has 0 aromatic rings. The fourth-order valence-corrected chi connectivity index (χ4v) is 3.43. The summed E-state index contributed by atoms with van der Waals surface area (Å²) in [6.45, 7) is 0. The second kappa shape index (κ2) is 2.32. The van der Waals surface area contributed by atoms with Gasteiger partial charge in [0.2, 0.25) is 0 Å². The van der Waals surface area contributed by atoms with E-state index in [9.17, 15) is 4.79 Å². The van der Waals surface area contributed by atoms with Crippen molar-refractivity contribution in [1.29, 1.82) is 0 Å². The summed E-state index contributed by atoms with van der Waals surface area (Å²) in [5.74, 6) is 1.78. The second-order valence-electron chi connectivity index (χ2n) is 4.58. The molecule has 5 atom stereocenters. The van der Waals surface area contributed by atoms with E-state index in [2.05, 4.69) is 0 Å². The molecule has 66 valence electrons. The maximum Gasteiger partial charge on any atom is 0.125 e. The van der Waals surface area contributed by atoms with Gasteiger partial charge in [0.15, 0.2) is 0 Å². The number of hydrogen-bond donors (Lipinski definition) is 0. The molecule has 0 radical (unpaired) electrons. The highest BCUT2D eigenvalue weighted by molar-refractivity contribution is 5.56. The van der Waals surface area contributed by atoms with Gasteiger partial charge in [-0.15, -0.1) is 0 Å². The minimum Gasteiger partial charge on any atom is -0.374 e. The van der Waals surface area contributed by atoms with Crippen molar-refractivity contribution >= 4 is 6.29 Å². The van der Waals surface area contributed by atoms with Crippen LogP contribution >= 0.6 is 0 Å². The lowest BCUT2D eigenvalue weighted by Gasteiger charge is -2.52. The maximum atomic E-state index is 10.8. The number of carbonyl (C=O) groups excluding carboxylic acids is 1. The number of carbonyl (C=O) groups is 1. The molecule has 2 saturated carbocycles. The minimum atomic E-state index is 0.234. The Morgan fingerprint density at radius 1 is 1.17 bits per heavy atom. The summed E-state index contributed by atoms with van der Waals surface area (Å²) < 4.78 is 5.80. The van der Waals surface area contributed by atoms with Crippen LogP contribution in [0.5, 0.6) is 0 Å². The molecule has 0 aromatic heterocycles. The SMILES string of the molecule is O=CC1C2CC3CC(C2)OC1C3. The molecule has 2 nitrogen and oxygen atoms in total. The number of ether oxygens (including phenoxy) is 1. The third kappa shape index (κ3) is 0.817. The largest absolute Gasteiger partial charge is 0.374 e. The van der Waals surface area contributed by atoms with Gasteiger partial charge < -0.3 is 9.53 Å². The molecule has 12 heavy (non-hydrogen) atoms. The topological polar surface area (TPSA) is 26.3 Å². The van der Waals surface area contributed by atoms with Gasteiger partial charge in [-0.2, -0.15) is 0 Å². The summed E-state index contributed by atoms with van der Waals surface area (Å²) in [5.41, 5.74) is 0. The molecule has 0 amide bonds. The molecule has 5 unspecified atom stereocenters. The summed E-state index contributed by atoms with van der Waals surface area (Å²) in [5, 5.41) is 0. The Morgan fingerprint density at radius 3 is 2.75 bits per heavy atom. The Kier molecular flexibility index (Phi) is 1.37. The Balaban J connectivity index is 1.90. The monoisotopic (exact) mass is 166 g/mol. The first-order valence-electron chi connectivity index (χ1n) is 4.97. The first-order valence-corrected chi connectivity index (χ1v) is 4.97. The van der Waals surface area contributed by atoms with E-state index in [0.29, 0.717) is 18.1 Å². The molecule has 4 aliphatic rings. The molecule has 4 bridgehead atoms. The van der Waals surface area contributed by atoms with Crippen molar-refractivity contribution in [3.05, 3.63) is 0 Å². The second-order valence-corrected chi connectivity index (χ2v) is 4.58. The first-order chi connectivity index (χ1) is 5.86. The summed E-state index contributed by atoms with van der Waals surface area (Å²) in [7, 11) is 0. The smallest absolute Gasteiger partial charge is 0.125 e. The van der Waals surface area contributed by atoms with Crippen molar-refractivity contribution in [3.63, 3.8) is 0 Å². The van der Waals surface area contributed by atoms with E-state index in [1.165, 1.54) is 12.8 Å². The van der Waals surface area contributed by atoms with Crippen LogP contribution in [-0.4, -0.2) is 18.5 Å². The van der Waals surface area contributed by atoms with Gasteiger partial charge in [0, 0.05) is 5.92 Å². The number of hydrogen-bond acceptors (Lipinski definition) is 2. The molecule has 0 aromatic carbocycles. The van der Waals surface area contributed by atoms with Crippen LogP contribution < -0.4 is 0 Å². The molecule has 2 heteroatoms. The van der Waals surface area contributed by atoms with Gasteiger partial charge >= 0.3 is 0 Å². The average Bonchev–Trinajstić information content (AvgIpc) is 2.02. The van der Waals surface area contributed by atoms with E-state index < -0.39 is 0 Å². The van der Waals surface area contributed by atoms with Crippen molar-refractivity contribution in [2.45, 2.75) is 37.9 Å². The van der Waals surface area contributed by atoms with Gasteiger partial charge in [0.05, 0.1) is 12.2 Å². The van der Waals surface area contributed by atoms with Crippen LogP contribution in [-0.2, 0) is 9.53 Å². The Hall–Kier alpha value is -0.370. The van der Waals surface area contributed by atoms with Crippen LogP contribution in [0.25, 0.3) is 0 Å². The molecule has 4 fully saturated rings. The van der Waals surface area contributed by atoms with Crippen molar-refractivity contribution in [3.8, 4) is 0 Å².